The minimum absolute atomic E-state index is 0.0307. The van der Waals surface area contributed by atoms with Gasteiger partial charge in [-0.25, -0.2) is 0 Å². The van der Waals surface area contributed by atoms with Crippen molar-refractivity contribution in [1.29, 1.82) is 0 Å². The number of aryl methyl sites for hydroxylation is 3. The highest BCUT2D eigenvalue weighted by molar-refractivity contribution is 5.95. The van der Waals surface area contributed by atoms with Gasteiger partial charge in [0.2, 0.25) is 0 Å². The van der Waals surface area contributed by atoms with Crippen LogP contribution in [-0.4, -0.2) is 25.0 Å². The van der Waals surface area contributed by atoms with Crippen LogP contribution in [0.15, 0.2) is 12.1 Å². The van der Waals surface area contributed by atoms with Crippen LogP contribution in [0.3, 0.4) is 0 Å². The fourth-order valence-electron chi connectivity index (χ4n) is 3.41. The first-order valence-electron chi connectivity index (χ1n) is 8.22. The predicted molar refractivity (Wildman–Crippen MR) is 87.9 cm³/mol. The number of hydrogen-bond acceptors (Lipinski definition) is 1. The van der Waals surface area contributed by atoms with Crippen LogP contribution >= 0.6 is 0 Å². The van der Waals surface area contributed by atoms with Crippen molar-refractivity contribution >= 4 is 11.6 Å². The van der Waals surface area contributed by atoms with Gasteiger partial charge in [-0.05, 0) is 64.5 Å². The summed E-state index contributed by atoms with van der Waals surface area (Å²) >= 11 is 0. The minimum Gasteiger partial charge on any atom is -0.325 e. The fourth-order valence-corrected chi connectivity index (χ4v) is 3.41. The fraction of sp³-hybridized carbons (Fsp3) is 0.611. The van der Waals surface area contributed by atoms with Gasteiger partial charge in [-0.15, -0.1) is 0 Å². The summed E-state index contributed by atoms with van der Waals surface area (Å²) in [6.45, 7) is 10.5. The number of benzene rings is 1. The van der Waals surface area contributed by atoms with Crippen molar-refractivity contribution in [2.24, 2.45) is 0 Å². The molecule has 0 radical (unpaired) electrons. The van der Waals surface area contributed by atoms with Gasteiger partial charge in [0.25, 0.3) is 5.91 Å². The van der Waals surface area contributed by atoms with Gasteiger partial charge in [0.05, 0.1) is 13.1 Å². The van der Waals surface area contributed by atoms with Crippen molar-refractivity contribution in [2.75, 3.05) is 18.4 Å². The zero-order chi connectivity index (χ0) is 15.4. The molecule has 116 valence electrons. The predicted octanol–water partition coefficient (Wildman–Crippen LogP) is 2.40. The summed E-state index contributed by atoms with van der Waals surface area (Å²) < 4.78 is 0. The number of anilines is 1. The first kappa shape index (κ1) is 16.0. The summed E-state index contributed by atoms with van der Waals surface area (Å²) in [5.74, 6) is 0.155. The van der Waals surface area contributed by atoms with Gasteiger partial charge < -0.3 is 10.2 Å². The molecule has 2 rings (SSSR count). The Morgan fingerprint density at radius 1 is 1.05 bits per heavy atom. The van der Waals surface area contributed by atoms with E-state index in [9.17, 15) is 4.79 Å². The van der Waals surface area contributed by atoms with Crippen molar-refractivity contribution in [1.82, 2.24) is 0 Å². The lowest BCUT2D eigenvalue weighted by molar-refractivity contribution is -0.913. The van der Waals surface area contributed by atoms with E-state index in [4.69, 9.17) is 0 Å². The van der Waals surface area contributed by atoms with Crippen LogP contribution < -0.4 is 10.2 Å². The lowest BCUT2D eigenvalue weighted by Crippen LogP contribution is -3.16. The maximum atomic E-state index is 12.6. The highest BCUT2D eigenvalue weighted by Gasteiger charge is 2.26. The molecule has 1 atom stereocenters. The van der Waals surface area contributed by atoms with Crippen LogP contribution in [0, 0.1) is 20.8 Å². The summed E-state index contributed by atoms with van der Waals surface area (Å²) in [4.78, 5) is 14.0. The van der Waals surface area contributed by atoms with Crippen LogP contribution in [0.1, 0.15) is 49.3 Å². The van der Waals surface area contributed by atoms with E-state index in [1.165, 1.54) is 36.1 Å². The van der Waals surface area contributed by atoms with Crippen molar-refractivity contribution in [2.45, 2.75) is 59.4 Å². The first-order chi connectivity index (χ1) is 9.99. The third-order valence-corrected chi connectivity index (χ3v) is 4.68. The van der Waals surface area contributed by atoms with Crippen molar-refractivity contribution in [3.63, 3.8) is 0 Å². The Hall–Kier alpha value is -1.35. The molecule has 3 heteroatoms. The molecule has 0 saturated carbocycles. The Labute approximate surface area is 128 Å². The largest absolute Gasteiger partial charge is 0.325 e. The van der Waals surface area contributed by atoms with Gasteiger partial charge in [-0.3, -0.25) is 4.79 Å². The van der Waals surface area contributed by atoms with Crippen LogP contribution in [0.25, 0.3) is 0 Å². The van der Waals surface area contributed by atoms with E-state index in [-0.39, 0.29) is 11.9 Å². The van der Waals surface area contributed by atoms with E-state index in [2.05, 4.69) is 45.1 Å². The molecule has 1 aliphatic heterocycles. The third kappa shape index (κ3) is 4.07. The second-order valence-electron chi connectivity index (χ2n) is 6.56. The van der Waals surface area contributed by atoms with Gasteiger partial charge in [-0.1, -0.05) is 17.7 Å². The molecule has 3 nitrogen and oxygen atoms in total. The summed E-state index contributed by atoms with van der Waals surface area (Å²) in [7, 11) is 0. The van der Waals surface area contributed by atoms with Crippen LogP contribution in [0.5, 0.6) is 0 Å². The van der Waals surface area contributed by atoms with E-state index in [0.717, 1.165) is 29.9 Å². The number of hydrogen-bond donors (Lipinski definition) is 2. The SMILES string of the molecule is Cc1cc(C)c(NC(=O)[C@H](C)[NH+]2CCCCCC2)c(C)c1. The molecule has 1 saturated heterocycles. The van der Waals surface area contributed by atoms with Gasteiger partial charge >= 0.3 is 0 Å². The number of rotatable bonds is 3. The molecular weight excluding hydrogens is 260 g/mol. The summed E-state index contributed by atoms with van der Waals surface area (Å²) in [5.41, 5.74) is 4.54. The molecular formula is C18H29N2O+. The molecule has 21 heavy (non-hydrogen) atoms. The quantitative estimate of drug-likeness (QED) is 0.880. The highest BCUT2D eigenvalue weighted by atomic mass is 16.2. The maximum absolute atomic E-state index is 12.6. The molecule has 1 heterocycles. The number of carbonyl (C=O) groups is 1. The lowest BCUT2D eigenvalue weighted by Gasteiger charge is -2.24. The molecule has 1 aromatic rings. The number of carbonyl (C=O) groups excluding carboxylic acids is 1. The third-order valence-electron chi connectivity index (χ3n) is 4.68. The van der Waals surface area contributed by atoms with E-state index in [1.807, 2.05) is 0 Å². The average molecular weight is 289 g/mol. The lowest BCUT2D eigenvalue weighted by atomic mass is 10.0. The Kier molecular flexibility index (Phi) is 5.40. The first-order valence-corrected chi connectivity index (χ1v) is 8.22. The molecule has 1 aromatic carbocycles. The molecule has 1 aliphatic rings. The van der Waals surface area contributed by atoms with Crippen molar-refractivity contribution in [3.05, 3.63) is 28.8 Å². The molecule has 0 aliphatic carbocycles. The molecule has 2 N–H and O–H groups in total. The van der Waals surface area contributed by atoms with E-state index >= 15 is 0 Å². The number of nitrogens with one attached hydrogen (secondary N) is 2. The van der Waals surface area contributed by atoms with Crippen LogP contribution in [0.4, 0.5) is 5.69 Å². The van der Waals surface area contributed by atoms with Crippen LogP contribution in [0.2, 0.25) is 0 Å². The molecule has 0 bridgehead atoms. The maximum Gasteiger partial charge on any atom is 0.282 e. The molecule has 0 spiro atoms. The number of amides is 1. The Balaban J connectivity index is 2.06. The summed E-state index contributed by atoms with van der Waals surface area (Å²) in [6, 6.07) is 4.29. The van der Waals surface area contributed by atoms with Crippen molar-refractivity contribution in [3.8, 4) is 0 Å². The normalized spacial score (nSPS) is 18.1. The average Bonchev–Trinajstić information content (AvgIpc) is 2.70. The zero-order valence-corrected chi connectivity index (χ0v) is 13.9. The number of quaternary nitrogens is 1. The monoisotopic (exact) mass is 289 g/mol. The van der Waals surface area contributed by atoms with E-state index < -0.39 is 0 Å². The minimum atomic E-state index is 0.0307. The topological polar surface area (TPSA) is 33.5 Å². The smallest absolute Gasteiger partial charge is 0.282 e. The van der Waals surface area contributed by atoms with Gasteiger partial charge in [0.15, 0.2) is 6.04 Å². The van der Waals surface area contributed by atoms with Crippen LogP contribution in [-0.2, 0) is 4.79 Å². The Morgan fingerprint density at radius 3 is 2.10 bits per heavy atom. The molecule has 0 aromatic heterocycles. The van der Waals surface area contributed by atoms with Gasteiger partial charge in [0.1, 0.15) is 0 Å². The summed E-state index contributed by atoms with van der Waals surface area (Å²) in [5, 5.41) is 3.16. The number of likely N-dealkylation sites (tertiary alicyclic amines) is 1. The van der Waals surface area contributed by atoms with E-state index in [1.54, 1.807) is 0 Å². The second-order valence-corrected chi connectivity index (χ2v) is 6.56. The highest BCUT2D eigenvalue weighted by Crippen LogP contribution is 2.21. The Morgan fingerprint density at radius 2 is 1.57 bits per heavy atom. The van der Waals surface area contributed by atoms with Gasteiger partial charge in [-0.2, -0.15) is 0 Å². The second kappa shape index (κ2) is 7.08. The van der Waals surface area contributed by atoms with Gasteiger partial charge in [0, 0.05) is 5.69 Å². The zero-order valence-electron chi connectivity index (χ0n) is 13.9. The molecule has 1 amide bonds. The standard InChI is InChI=1S/C18H28N2O/c1-13-11-14(2)17(15(3)12-13)19-18(21)16(4)20-9-7-5-6-8-10-20/h11-12,16H,5-10H2,1-4H3,(H,19,21)/p+1/t16-/m0/s1. The van der Waals surface area contributed by atoms with E-state index in [0.29, 0.717) is 0 Å². The summed E-state index contributed by atoms with van der Waals surface area (Å²) in [6.07, 6.45) is 5.12. The molecule has 1 fully saturated rings. The van der Waals surface area contributed by atoms with Crippen molar-refractivity contribution < 1.29 is 9.69 Å². The Bertz CT molecular complexity index is 479. The molecule has 0 unspecified atom stereocenters.